The maximum Gasteiger partial charge on any atom is 0.133 e. The Morgan fingerprint density at radius 1 is 1.25 bits per heavy atom. The standard InChI is InChI=1S/C15H19ClN4/c1-3-4-14-19-13(17)9-15(20-14)18-10(2)11-5-7-12(16)8-6-11/h5-10H,3-4H2,1-2H3,(H3,17,18,19,20). The number of nitrogens with two attached hydrogens (primary N) is 1. The van der Waals surface area contributed by atoms with Crippen molar-refractivity contribution in [2.75, 3.05) is 11.1 Å². The number of hydrogen-bond donors (Lipinski definition) is 2. The van der Waals surface area contributed by atoms with Gasteiger partial charge in [0.2, 0.25) is 0 Å². The molecule has 0 aliphatic carbocycles. The molecule has 1 unspecified atom stereocenters. The first-order chi connectivity index (χ1) is 9.58. The molecule has 2 rings (SSSR count). The van der Waals surface area contributed by atoms with Gasteiger partial charge >= 0.3 is 0 Å². The van der Waals surface area contributed by atoms with E-state index in [2.05, 4.69) is 29.1 Å². The van der Waals surface area contributed by atoms with Gasteiger partial charge in [-0.2, -0.15) is 0 Å². The maximum absolute atomic E-state index is 5.90. The SMILES string of the molecule is CCCc1nc(N)cc(NC(C)c2ccc(Cl)cc2)n1. The second kappa shape index (κ2) is 6.57. The van der Waals surface area contributed by atoms with Crippen LogP contribution in [-0.2, 0) is 6.42 Å². The molecule has 1 aromatic carbocycles. The molecule has 5 heteroatoms. The lowest BCUT2D eigenvalue weighted by Gasteiger charge is -2.16. The number of rotatable bonds is 5. The molecule has 0 amide bonds. The molecular weight excluding hydrogens is 272 g/mol. The van der Waals surface area contributed by atoms with Gasteiger partial charge in [-0.3, -0.25) is 0 Å². The van der Waals surface area contributed by atoms with Crippen molar-refractivity contribution in [3.05, 3.63) is 46.7 Å². The predicted octanol–water partition coefficient (Wildman–Crippen LogP) is 3.84. The van der Waals surface area contributed by atoms with Crippen molar-refractivity contribution in [2.45, 2.75) is 32.7 Å². The van der Waals surface area contributed by atoms with Crippen molar-refractivity contribution < 1.29 is 0 Å². The summed E-state index contributed by atoms with van der Waals surface area (Å²) in [6.07, 6.45) is 1.82. The van der Waals surface area contributed by atoms with Crippen LogP contribution >= 0.6 is 11.6 Å². The average molecular weight is 291 g/mol. The van der Waals surface area contributed by atoms with Crippen LogP contribution in [0.2, 0.25) is 5.02 Å². The molecule has 0 bridgehead atoms. The topological polar surface area (TPSA) is 63.8 Å². The maximum atomic E-state index is 5.90. The molecule has 106 valence electrons. The number of halogens is 1. The van der Waals surface area contributed by atoms with Crippen LogP contribution in [0.3, 0.4) is 0 Å². The fourth-order valence-corrected chi connectivity index (χ4v) is 2.11. The first kappa shape index (κ1) is 14.6. The highest BCUT2D eigenvalue weighted by Crippen LogP contribution is 2.20. The fourth-order valence-electron chi connectivity index (χ4n) is 1.98. The molecule has 0 spiro atoms. The highest BCUT2D eigenvalue weighted by molar-refractivity contribution is 6.30. The van der Waals surface area contributed by atoms with E-state index in [4.69, 9.17) is 17.3 Å². The fraction of sp³-hybridized carbons (Fsp3) is 0.333. The molecule has 0 fully saturated rings. The van der Waals surface area contributed by atoms with E-state index in [0.717, 1.165) is 35.1 Å². The Bertz CT molecular complexity index is 569. The van der Waals surface area contributed by atoms with Crippen molar-refractivity contribution in [3.8, 4) is 0 Å². The molecule has 0 saturated carbocycles. The molecule has 1 aromatic heterocycles. The molecule has 3 N–H and O–H groups in total. The zero-order valence-corrected chi connectivity index (χ0v) is 12.5. The van der Waals surface area contributed by atoms with Crippen LogP contribution in [0.5, 0.6) is 0 Å². The molecule has 2 aromatic rings. The Morgan fingerprint density at radius 2 is 1.95 bits per heavy atom. The zero-order chi connectivity index (χ0) is 14.5. The summed E-state index contributed by atoms with van der Waals surface area (Å²) in [5.41, 5.74) is 6.96. The van der Waals surface area contributed by atoms with Crippen molar-refractivity contribution in [3.63, 3.8) is 0 Å². The van der Waals surface area contributed by atoms with Crippen LogP contribution in [0.1, 0.15) is 37.7 Å². The van der Waals surface area contributed by atoms with Crippen LogP contribution < -0.4 is 11.1 Å². The highest BCUT2D eigenvalue weighted by Gasteiger charge is 2.08. The largest absolute Gasteiger partial charge is 0.384 e. The van der Waals surface area contributed by atoms with Crippen LogP contribution in [-0.4, -0.2) is 9.97 Å². The Morgan fingerprint density at radius 3 is 2.60 bits per heavy atom. The molecule has 0 radical (unpaired) electrons. The van der Waals surface area contributed by atoms with Gasteiger partial charge < -0.3 is 11.1 Å². The lowest BCUT2D eigenvalue weighted by atomic mass is 10.1. The van der Waals surface area contributed by atoms with E-state index in [1.165, 1.54) is 0 Å². The normalized spacial score (nSPS) is 12.2. The number of aromatic nitrogens is 2. The van der Waals surface area contributed by atoms with Gasteiger partial charge in [0, 0.05) is 23.6 Å². The third-order valence-corrected chi connectivity index (χ3v) is 3.25. The van der Waals surface area contributed by atoms with Gasteiger partial charge in [-0.25, -0.2) is 9.97 Å². The van der Waals surface area contributed by atoms with Crippen molar-refractivity contribution >= 4 is 23.2 Å². The van der Waals surface area contributed by atoms with Crippen molar-refractivity contribution in [2.24, 2.45) is 0 Å². The molecule has 0 aliphatic rings. The molecule has 0 aliphatic heterocycles. The number of aryl methyl sites for hydroxylation is 1. The number of hydrogen-bond acceptors (Lipinski definition) is 4. The molecule has 1 atom stereocenters. The highest BCUT2D eigenvalue weighted by atomic mass is 35.5. The monoisotopic (exact) mass is 290 g/mol. The summed E-state index contributed by atoms with van der Waals surface area (Å²) in [4.78, 5) is 8.70. The smallest absolute Gasteiger partial charge is 0.133 e. The lowest BCUT2D eigenvalue weighted by molar-refractivity contribution is 0.821. The molecule has 4 nitrogen and oxygen atoms in total. The lowest BCUT2D eigenvalue weighted by Crippen LogP contribution is -2.10. The summed E-state index contributed by atoms with van der Waals surface area (Å²) in [7, 11) is 0. The van der Waals surface area contributed by atoms with Crippen LogP contribution in [0.15, 0.2) is 30.3 Å². The third-order valence-electron chi connectivity index (χ3n) is 3.00. The Hall–Kier alpha value is -1.81. The van der Waals surface area contributed by atoms with E-state index in [1.54, 1.807) is 6.07 Å². The third kappa shape index (κ3) is 3.84. The average Bonchev–Trinajstić information content (AvgIpc) is 2.39. The minimum Gasteiger partial charge on any atom is -0.384 e. The number of anilines is 2. The van der Waals surface area contributed by atoms with Crippen LogP contribution in [0.4, 0.5) is 11.6 Å². The summed E-state index contributed by atoms with van der Waals surface area (Å²) in [5, 5.41) is 4.08. The Balaban J connectivity index is 2.14. The summed E-state index contributed by atoms with van der Waals surface area (Å²) >= 11 is 5.90. The summed E-state index contributed by atoms with van der Waals surface area (Å²) in [5.74, 6) is 2.02. The van der Waals surface area contributed by atoms with Crippen LogP contribution in [0.25, 0.3) is 0 Å². The van der Waals surface area contributed by atoms with Crippen LogP contribution in [0, 0.1) is 0 Å². The van der Waals surface area contributed by atoms with Gasteiger partial charge in [-0.05, 0) is 31.0 Å². The second-order valence-electron chi connectivity index (χ2n) is 4.76. The first-order valence-electron chi connectivity index (χ1n) is 6.74. The molecule has 20 heavy (non-hydrogen) atoms. The van der Waals surface area contributed by atoms with Gasteiger partial charge in [0.25, 0.3) is 0 Å². The predicted molar refractivity (Wildman–Crippen MR) is 83.9 cm³/mol. The van der Waals surface area contributed by atoms with Gasteiger partial charge in [-0.1, -0.05) is 30.7 Å². The summed E-state index contributed by atoms with van der Waals surface area (Å²) in [6.45, 7) is 4.16. The van der Waals surface area contributed by atoms with Crippen molar-refractivity contribution in [1.29, 1.82) is 0 Å². The van der Waals surface area contributed by atoms with E-state index >= 15 is 0 Å². The molecule has 1 heterocycles. The summed E-state index contributed by atoms with van der Waals surface area (Å²) in [6, 6.07) is 9.63. The molecule has 0 saturated heterocycles. The Labute approximate surface area is 124 Å². The van der Waals surface area contributed by atoms with Crippen molar-refractivity contribution in [1.82, 2.24) is 9.97 Å². The summed E-state index contributed by atoms with van der Waals surface area (Å²) < 4.78 is 0. The van der Waals surface area contributed by atoms with E-state index in [1.807, 2.05) is 24.3 Å². The number of nitrogens with zero attached hydrogens (tertiary/aromatic N) is 2. The van der Waals surface area contributed by atoms with Gasteiger partial charge in [0.1, 0.15) is 17.5 Å². The zero-order valence-electron chi connectivity index (χ0n) is 11.7. The second-order valence-corrected chi connectivity index (χ2v) is 5.20. The number of nitrogens with one attached hydrogen (secondary N) is 1. The quantitative estimate of drug-likeness (QED) is 0.878. The first-order valence-corrected chi connectivity index (χ1v) is 7.11. The number of nitrogen functional groups attached to an aromatic ring is 1. The van der Waals surface area contributed by atoms with Gasteiger partial charge in [0.15, 0.2) is 0 Å². The van der Waals surface area contributed by atoms with E-state index in [0.29, 0.717) is 5.82 Å². The van der Waals surface area contributed by atoms with E-state index in [-0.39, 0.29) is 6.04 Å². The van der Waals surface area contributed by atoms with Gasteiger partial charge in [0.05, 0.1) is 0 Å². The Kier molecular flexibility index (Phi) is 4.79. The van der Waals surface area contributed by atoms with Gasteiger partial charge in [-0.15, -0.1) is 0 Å². The van der Waals surface area contributed by atoms with E-state index in [9.17, 15) is 0 Å². The minimum absolute atomic E-state index is 0.121. The minimum atomic E-state index is 0.121. The van der Waals surface area contributed by atoms with E-state index < -0.39 is 0 Å². The molecular formula is C15H19ClN4. The number of benzene rings is 1.